The standard InChI is InChI=1S/C12H15NO/c1-2-11(14)13-12(8-9-12)10-6-4-3-5-7-10/h3-7H,2,8-9H2,1H3,(H,13,14). The second kappa shape index (κ2) is 3.45. The highest BCUT2D eigenvalue weighted by atomic mass is 16.1. The van der Waals surface area contributed by atoms with Crippen molar-refractivity contribution in [3.63, 3.8) is 0 Å². The molecule has 0 spiro atoms. The summed E-state index contributed by atoms with van der Waals surface area (Å²) in [6, 6.07) is 10.2. The molecule has 0 unspecified atom stereocenters. The maximum Gasteiger partial charge on any atom is 0.220 e. The lowest BCUT2D eigenvalue weighted by molar-refractivity contribution is -0.121. The van der Waals surface area contributed by atoms with Gasteiger partial charge in [0.25, 0.3) is 0 Å². The molecule has 1 aliphatic rings. The Bertz CT molecular complexity index is 327. The van der Waals surface area contributed by atoms with E-state index < -0.39 is 0 Å². The summed E-state index contributed by atoms with van der Waals surface area (Å²) < 4.78 is 0. The number of amides is 1. The highest BCUT2D eigenvalue weighted by Gasteiger charge is 2.45. The maximum atomic E-state index is 11.3. The van der Waals surface area contributed by atoms with E-state index in [1.165, 1.54) is 5.56 Å². The Morgan fingerprint density at radius 3 is 2.50 bits per heavy atom. The average Bonchev–Trinajstić information content (AvgIpc) is 3.00. The van der Waals surface area contributed by atoms with Crippen molar-refractivity contribution in [2.24, 2.45) is 0 Å². The molecule has 0 aromatic heterocycles. The van der Waals surface area contributed by atoms with Gasteiger partial charge in [0.1, 0.15) is 0 Å². The molecule has 2 nitrogen and oxygen atoms in total. The lowest BCUT2D eigenvalue weighted by Crippen LogP contribution is -2.34. The summed E-state index contributed by atoms with van der Waals surface area (Å²) in [4.78, 5) is 11.3. The van der Waals surface area contributed by atoms with Gasteiger partial charge in [-0.2, -0.15) is 0 Å². The van der Waals surface area contributed by atoms with Gasteiger partial charge in [-0.15, -0.1) is 0 Å². The third-order valence-electron chi connectivity index (χ3n) is 2.78. The average molecular weight is 189 g/mol. The number of nitrogens with one attached hydrogen (secondary N) is 1. The van der Waals surface area contributed by atoms with Gasteiger partial charge in [-0.3, -0.25) is 4.79 Å². The van der Waals surface area contributed by atoms with E-state index >= 15 is 0 Å². The van der Waals surface area contributed by atoms with E-state index in [2.05, 4.69) is 17.4 Å². The molecular formula is C12H15NO. The molecule has 1 aromatic carbocycles. The monoisotopic (exact) mass is 189 g/mol. The van der Waals surface area contributed by atoms with E-state index in [0.717, 1.165) is 12.8 Å². The molecule has 0 bridgehead atoms. The summed E-state index contributed by atoms with van der Waals surface area (Å²) in [5.41, 5.74) is 1.20. The van der Waals surface area contributed by atoms with Crippen LogP contribution in [0.5, 0.6) is 0 Å². The number of hydrogen-bond acceptors (Lipinski definition) is 1. The van der Waals surface area contributed by atoms with Crippen LogP contribution in [0.15, 0.2) is 30.3 Å². The minimum atomic E-state index is -0.0334. The van der Waals surface area contributed by atoms with Crippen LogP contribution >= 0.6 is 0 Å². The van der Waals surface area contributed by atoms with Crippen LogP contribution in [-0.4, -0.2) is 5.91 Å². The third-order valence-corrected chi connectivity index (χ3v) is 2.78. The lowest BCUT2D eigenvalue weighted by Gasteiger charge is -2.17. The molecule has 1 amide bonds. The molecule has 0 atom stereocenters. The topological polar surface area (TPSA) is 29.1 Å². The lowest BCUT2D eigenvalue weighted by atomic mass is 10.1. The molecule has 1 fully saturated rings. The first-order valence-corrected chi connectivity index (χ1v) is 5.13. The van der Waals surface area contributed by atoms with Crippen LogP contribution < -0.4 is 5.32 Å². The van der Waals surface area contributed by atoms with E-state index in [-0.39, 0.29) is 11.4 Å². The fourth-order valence-corrected chi connectivity index (χ4v) is 1.72. The van der Waals surface area contributed by atoms with Crippen molar-refractivity contribution in [3.8, 4) is 0 Å². The fraction of sp³-hybridized carbons (Fsp3) is 0.417. The Hall–Kier alpha value is -1.31. The van der Waals surface area contributed by atoms with Crippen molar-refractivity contribution >= 4 is 5.91 Å². The molecule has 2 heteroatoms. The van der Waals surface area contributed by atoms with E-state index in [1.54, 1.807) is 0 Å². The van der Waals surface area contributed by atoms with E-state index in [1.807, 2.05) is 25.1 Å². The first-order valence-electron chi connectivity index (χ1n) is 5.13. The first kappa shape index (κ1) is 9.25. The zero-order chi connectivity index (χ0) is 10.0. The number of carbonyl (C=O) groups excluding carboxylic acids is 1. The molecule has 0 radical (unpaired) electrons. The van der Waals surface area contributed by atoms with Crippen molar-refractivity contribution in [2.45, 2.75) is 31.7 Å². The number of carbonyl (C=O) groups is 1. The highest BCUT2D eigenvalue weighted by Crippen LogP contribution is 2.45. The summed E-state index contributed by atoms with van der Waals surface area (Å²) in [6.45, 7) is 1.89. The molecule has 2 rings (SSSR count). The van der Waals surface area contributed by atoms with Crippen LogP contribution in [0.4, 0.5) is 0 Å². The quantitative estimate of drug-likeness (QED) is 0.776. The van der Waals surface area contributed by atoms with Crippen molar-refractivity contribution in [1.29, 1.82) is 0 Å². The summed E-state index contributed by atoms with van der Waals surface area (Å²) in [5.74, 6) is 0.145. The normalized spacial score (nSPS) is 17.5. The highest BCUT2D eigenvalue weighted by molar-refractivity contribution is 5.77. The smallest absolute Gasteiger partial charge is 0.220 e. The van der Waals surface area contributed by atoms with Crippen molar-refractivity contribution in [2.75, 3.05) is 0 Å². The Morgan fingerprint density at radius 2 is 2.00 bits per heavy atom. The van der Waals surface area contributed by atoms with Crippen LogP contribution in [0, 0.1) is 0 Å². The third kappa shape index (κ3) is 1.65. The molecule has 1 aromatic rings. The Kier molecular flexibility index (Phi) is 2.28. The minimum Gasteiger partial charge on any atom is -0.347 e. The van der Waals surface area contributed by atoms with Gasteiger partial charge in [0.2, 0.25) is 5.91 Å². The predicted molar refractivity (Wildman–Crippen MR) is 55.8 cm³/mol. The summed E-state index contributed by atoms with van der Waals surface area (Å²) in [6.07, 6.45) is 2.71. The zero-order valence-corrected chi connectivity index (χ0v) is 8.42. The van der Waals surface area contributed by atoms with Gasteiger partial charge >= 0.3 is 0 Å². The van der Waals surface area contributed by atoms with Gasteiger partial charge < -0.3 is 5.32 Å². The van der Waals surface area contributed by atoms with E-state index in [0.29, 0.717) is 6.42 Å². The Morgan fingerprint density at radius 1 is 1.36 bits per heavy atom. The zero-order valence-electron chi connectivity index (χ0n) is 8.42. The molecule has 14 heavy (non-hydrogen) atoms. The molecule has 1 N–H and O–H groups in total. The van der Waals surface area contributed by atoms with Crippen molar-refractivity contribution < 1.29 is 4.79 Å². The fourth-order valence-electron chi connectivity index (χ4n) is 1.72. The van der Waals surface area contributed by atoms with Crippen LogP contribution in [0.25, 0.3) is 0 Å². The minimum absolute atomic E-state index is 0.0334. The number of hydrogen-bond donors (Lipinski definition) is 1. The molecule has 74 valence electrons. The van der Waals surface area contributed by atoms with Crippen LogP contribution in [-0.2, 0) is 10.3 Å². The molecule has 0 heterocycles. The summed E-state index contributed by atoms with van der Waals surface area (Å²) in [5, 5.41) is 3.09. The van der Waals surface area contributed by atoms with Gasteiger partial charge in [0.15, 0.2) is 0 Å². The largest absolute Gasteiger partial charge is 0.347 e. The van der Waals surface area contributed by atoms with Gasteiger partial charge in [-0.1, -0.05) is 37.3 Å². The van der Waals surface area contributed by atoms with Crippen LogP contribution in [0.1, 0.15) is 31.7 Å². The van der Waals surface area contributed by atoms with Gasteiger partial charge in [-0.25, -0.2) is 0 Å². The van der Waals surface area contributed by atoms with E-state index in [9.17, 15) is 4.79 Å². The maximum absolute atomic E-state index is 11.3. The van der Waals surface area contributed by atoms with Crippen LogP contribution in [0.3, 0.4) is 0 Å². The molecular weight excluding hydrogens is 174 g/mol. The first-order chi connectivity index (χ1) is 6.77. The van der Waals surface area contributed by atoms with Crippen molar-refractivity contribution in [3.05, 3.63) is 35.9 Å². The Balaban J connectivity index is 2.14. The van der Waals surface area contributed by atoms with Gasteiger partial charge in [0.05, 0.1) is 5.54 Å². The molecule has 0 aliphatic heterocycles. The van der Waals surface area contributed by atoms with Crippen LogP contribution in [0.2, 0.25) is 0 Å². The second-order valence-corrected chi connectivity index (χ2v) is 3.85. The second-order valence-electron chi connectivity index (χ2n) is 3.85. The molecule has 0 saturated heterocycles. The SMILES string of the molecule is CCC(=O)NC1(c2ccccc2)CC1. The number of benzene rings is 1. The van der Waals surface area contributed by atoms with E-state index in [4.69, 9.17) is 0 Å². The predicted octanol–water partition coefficient (Wildman–Crippen LogP) is 2.20. The summed E-state index contributed by atoms with van der Waals surface area (Å²) >= 11 is 0. The summed E-state index contributed by atoms with van der Waals surface area (Å²) in [7, 11) is 0. The van der Waals surface area contributed by atoms with Gasteiger partial charge in [0, 0.05) is 6.42 Å². The van der Waals surface area contributed by atoms with Crippen molar-refractivity contribution in [1.82, 2.24) is 5.32 Å². The molecule has 1 aliphatic carbocycles. The van der Waals surface area contributed by atoms with Gasteiger partial charge in [-0.05, 0) is 18.4 Å². The number of rotatable bonds is 3. The Labute approximate surface area is 84.3 Å². The molecule has 1 saturated carbocycles.